The lowest BCUT2D eigenvalue weighted by Crippen LogP contribution is -2.34. The summed E-state index contributed by atoms with van der Waals surface area (Å²) in [4.78, 5) is 16.9. The van der Waals surface area contributed by atoms with E-state index in [2.05, 4.69) is 9.72 Å². The molecule has 0 radical (unpaired) electrons. The van der Waals surface area contributed by atoms with Crippen LogP contribution in [0.2, 0.25) is 0 Å². The Morgan fingerprint density at radius 1 is 1.19 bits per heavy atom. The number of pyridine rings is 1. The molecule has 1 aliphatic carbocycles. The van der Waals surface area contributed by atoms with E-state index in [1.807, 2.05) is 31.2 Å². The molecule has 0 atom stereocenters. The Morgan fingerprint density at radius 2 is 1.96 bits per heavy atom. The van der Waals surface area contributed by atoms with Crippen LogP contribution in [0, 0.1) is 0 Å². The second kappa shape index (κ2) is 10.5. The zero-order valence-electron chi connectivity index (χ0n) is 15.7. The van der Waals surface area contributed by atoms with Crippen LogP contribution in [0.5, 0.6) is 5.75 Å². The molecule has 3 rings (SSSR count). The van der Waals surface area contributed by atoms with Gasteiger partial charge in [-0.15, -0.1) is 11.8 Å². The molecule has 1 saturated carbocycles. The molecule has 1 heterocycles. The molecule has 0 bridgehead atoms. The number of nitrogens with zero attached hydrogens (tertiary/aromatic N) is 1. The fourth-order valence-electron chi connectivity index (χ4n) is 2.51. The quantitative estimate of drug-likeness (QED) is 0.509. The molecule has 0 unspecified atom stereocenters. The monoisotopic (exact) mass is 377 g/mol. The minimum Gasteiger partial charge on any atom is -0.491 e. The maximum absolute atomic E-state index is 11.4. The molecule has 1 aliphatic rings. The Balaban J connectivity index is 0.000000552. The number of carbonyl (C=O) groups excluding carboxylic acids is 1. The number of fused-ring (bicyclic) bond motifs is 1. The second-order valence-electron chi connectivity index (χ2n) is 6.04. The Morgan fingerprint density at radius 3 is 2.54 bits per heavy atom. The Kier molecular flexibility index (Phi) is 8.35. The average Bonchev–Trinajstić information content (AvgIpc) is 2.65. The van der Waals surface area contributed by atoms with Crippen LogP contribution in [-0.4, -0.2) is 50.1 Å². The number of aldehydes is 1. The first-order valence-corrected chi connectivity index (χ1v) is 9.64. The molecule has 1 aromatic carbocycles. The predicted octanol–water partition coefficient (Wildman–Crippen LogP) is 4.13. The second-order valence-corrected chi connectivity index (χ2v) is 7.50. The van der Waals surface area contributed by atoms with Crippen molar-refractivity contribution in [2.24, 2.45) is 0 Å². The van der Waals surface area contributed by atoms with E-state index in [4.69, 9.17) is 9.47 Å². The fraction of sp³-hybridized carbons (Fsp3) is 0.500. The van der Waals surface area contributed by atoms with Crippen LogP contribution in [0.3, 0.4) is 0 Å². The van der Waals surface area contributed by atoms with Gasteiger partial charge in [0.15, 0.2) is 0 Å². The third kappa shape index (κ3) is 5.43. The van der Waals surface area contributed by atoms with Crippen molar-refractivity contribution < 1.29 is 19.0 Å². The van der Waals surface area contributed by atoms with Gasteiger partial charge in [-0.3, -0.25) is 4.98 Å². The summed E-state index contributed by atoms with van der Waals surface area (Å²) in [6.45, 7) is 3.85. The van der Waals surface area contributed by atoms with E-state index >= 15 is 0 Å². The van der Waals surface area contributed by atoms with Crippen LogP contribution >= 0.6 is 11.8 Å². The van der Waals surface area contributed by atoms with Crippen molar-refractivity contribution >= 4 is 29.0 Å². The molecule has 0 amide bonds. The van der Waals surface area contributed by atoms with Crippen molar-refractivity contribution in [2.45, 2.75) is 35.8 Å². The highest BCUT2D eigenvalue weighted by atomic mass is 32.2. The maximum atomic E-state index is 11.4. The number of methoxy groups -OCH3 is 2. The smallest absolute Gasteiger partial charge is 0.136 e. The zero-order valence-corrected chi connectivity index (χ0v) is 16.5. The van der Waals surface area contributed by atoms with Gasteiger partial charge >= 0.3 is 0 Å². The van der Waals surface area contributed by atoms with Gasteiger partial charge in [0.25, 0.3) is 0 Å². The summed E-state index contributed by atoms with van der Waals surface area (Å²) in [5.74, 6) is 0.799. The van der Waals surface area contributed by atoms with Gasteiger partial charge in [-0.25, -0.2) is 0 Å². The normalized spacial score (nSPS) is 14.9. The van der Waals surface area contributed by atoms with Gasteiger partial charge in [0.05, 0.1) is 16.9 Å². The highest BCUT2D eigenvalue weighted by Crippen LogP contribution is 2.47. The fourth-order valence-corrected chi connectivity index (χ4v) is 3.89. The lowest BCUT2D eigenvalue weighted by molar-refractivity contribution is -0.111. The topological polar surface area (TPSA) is 57.6 Å². The molecule has 2 aromatic rings. The minimum atomic E-state index is -0.249. The number of thioether (sulfide) groups is 1. The predicted molar refractivity (Wildman–Crippen MR) is 105 cm³/mol. The molecule has 0 saturated heterocycles. The van der Waals surface area contributed by atoms with Gasteiger partial charge in [-0.2, -0.15) is 0 Å². The summed E-state index contributed by atoms with van der Waals surface area (Å²) < 4.78 is 15.0. The van der Waals surface area contributed by atoms with Crippen molar-refractivity contribution in [3.8, 4) is 5.75 Å². The summed E-state index contributed by atoms with van der Waals surface area (Å²) in [5.41, 5.74) is 0.921. The third-order valence-electron chi connectivity index (χ3n) is 4.25. The Labute approximate surface area is 159 Å². The molecule has 0 spiro atoms. The SMILES string of the molecule is CCOC.COCCOc1ccc2nccc(SC3(C=O)CCC3)c2c1. The van der Waals surface area contributed by atoms with Crippen LogP contribution in [0.1, 0.15) is 26.2 Å². The number of ether oxygens (including phenoxy) is 3. The molecule has 1 aromatic heterocycles. The maximum Gasteiger partial charge on any atom is 0.136 e. The Hall–Kier alpha value is -1.63. The molecule has 0 aliphatic heterocycles. The van der Waals surface area contributed by atoms with Crippen LogP contribution in [0.25, 0.3) is 10.9 Å². The summed E-state index contributed by atoms with van der Waals surface area (Å²) in [7, 11) is 3.33. The summed E-state index contributed by atoms with van der Waals surface area (Å²) in [5, 5.41) is 1.04. The first kappa shape index (κ1) is 20.7. The zero-order chi connectivity index (χ0) is 18.8. The summed E-state index contributed by atoms with van der Waals surface area (Å²) in [6, 6.07) is 7.85. The third-order valence-corrected chi connectivity index (χ3v) is 5.73. The van der Waals surface area contributed by atoms with E-state index in [0.29, 0.717) is 13.2 Å². The molecular weight excluding hydrogens is 350 g/mol. The number of hydrogen-bond donors (Lipinski definition) is 0. The van der Waals surface area contributed by atoms with E-state index in [0.717, 1.165) is 53.7 Å². The molecule has 1 fully saturated rings. The number of benzene rings is 1. The van der Waals surface area contributed by atoms with E-state index in [-0.39, 0.29) is 4.75 Å². The van der Waals surface area contributed by atoms with E-state index in [1.165, 1.54) is 0 Å². The number of aromatic nitrogens is 1. The summed E-state index contributed by atoms with van der Waals surface area (Å²) in [6.07, 6.45) is 5.93. The molecule has 142 valence electrons. The summed E-state index contributed by atoms with van der Waals surface area (Å²) >= 11 is 1.66. The van der Waals surface area contributed by atoms with Crippen LogP contribution in [0.4, 0.5) is 0 Å². The first-order valence-electron chi connectivity index (χ1n) is 8.83. The Bertz CT molecular complexity index is 701. The van der Waals surface area contributed by atoms with E-state index in [9.17, 15) is 4.79 Å². The first-order chi connectivity index (χ1) is 12.7. The van der Waals surface area contributed by atoms with Crippen molar-refractivity contribution in [1.29, 1.82) is 0 Å². The van der Waals surface area contributed by atoms with Gasteiger partial charge in [-0.1, -0.05) is 0 Å². The van der Waals surface area contributed by atoms with Gasteiger partial charge in [-0.05, 0) is 50.5 Å². The van der Waals surface area contributed by atoms with Crippen molar-refractivity contribution in [1.82, 2.24) is 4.98 Å². The lowest BCUT2D eigenvalue weighted by atomic mass is 9.86. The average molecular weight is 378 g/mol. The highest BCUT2D eigenvalue weighted by Gasteiger charge is 2.38. The van der Waals surface area contributed by atoms with Gasteiger partial charge in [0.1, 0.15) is 18.6 Å². The van der Waals surface area contributed by atoms with Crippen LogP contribution < -0.4 is 4.74 Å². The largest absolute Gasteiger partial charge is 0.491 e. The van der Waals surface area contributed by atoms with Crippen molar-refractivity contribution in [3.63, 3.8) is 0 Å². The molecule has 0 N–H and O–H groups in total. The van der Waals surface area contributed by atoms with Gasteiger partial charge < -0.3 is 19.0 Å². The van der Waals surface area contributed by atoms with E-state index < -0.39 is 0 Å². The molecule has 5 nitrogen and oxygen atoms in total. The lowest BCUT2D eigenvalue weighted by Gasteiger charge is -2.36. The van der Waals surface area contributed by atoms with Crippen LogP contribution in [0.15, 0.2) is 35.4 Å². The van der Waals surface area contributed by atoms with Crippen LogP contribution in [-0.2, 0) is 14.3 Å². The standard InChI is InChI=1S/C17H19NO3S.C3H8O/c1-20-9-10-21-13-3-4-15-14(11-13)16(5-8-18-15)22-17(12-19)6-2-7-17;1-3-4-2/h3-5,8,11-12H,2,6-7,9-10H2,1H3;3H2,1-2H3. The van der Waals surface area contributed by atoms with E-state index in [1.54, 1.807) is 32.2 Å². The van der Waals surface area contributed by atoms with Crippen molar-refractivity contribution in [3.05, 3.63) is 30.5 Å². The minimum absolute atomic E-state index is 0.249. The number of carbonyl (C=O) groups is 1. The highest BCUT2D eigenvalue weighted by molar-refractivity contribution is 8.01. The number of hydrogen-bond acceptors (Lipinski definition) is 6. The number of rotatable bonds is 8. The van der Waals surface area contributed by atoms with Crippen molar-refractivity contribution in [2.75, 3.05) is 34.0 Å². The van der Waals surface area contributed by atoms with Gasteiger partial charge in [0.2, 0.25) is 0 Å². The molecular formula is C20H27NO4S. The molecule has 6 heteroatoms. The molecule has 26 heavy (non-hydrogen) atoms. The van der Waals surface area contributed by atoms with Gasteiger partial charge in [0, 0.05) is 37.3 Å².